The van der Waals surface area contributed by atoms with Crippen LogP contribution in [-0.2, 0) is 10.3 Å². The number of rotatable bonds is 2. The van der Waals surface area contributed by atoms with E-state index in [0.717, 1.165) is 12.0 Å². The number of aliphatic hydroxyl groups is 1. The minimum Gasteiger partial charge on any atom is -0.396 e. The predicted molar refractivity (Wildman–Crippen MR) is 63.1 cm³/mol. The number of aliphatic hydroxyl groups excluding tert-OH is 1. The van der Waals surface area contributed by atoms with Crippen molar-refractivity contribution in [2.75, 3.05) is 19.8 Å². The van der Waals surface area contributed by atoms with Gasteiger partial charge in [0.1, 0.15) is 0 Å². The van der Waals surface area contributed by atoms with Crippen molar-refractivity contribution in [2.45, 2.75) is 18.9 Å². The molecule has 88 valence electrons. The van der Waals surface area contributed by atoms with Crippen LogP contribution in [0.5, 0.6) is 0 Å². The third-order valence-electron chi connectivity index (χ3n) is 3.57. The largest absolute Gasteiger partial charge is 0.396 e. The Labute approximate surface area is 96.2 Å². The molecular weight excluding hydrogens is 202 g/mol. The summed E-state index contributed by atoms with van der Waals surface area (Å²) in [5, 5.41) is 9.42. The van der Waals surface area contributed by atoms with Gasteiger partial charge in [0.2, 0.25) is 0 Å². The number of hydrogen-bond donors (Lipinski definition) is 2. The molecule has 1 aliphatic heterocycles. The Balaban J connectivity index is 2.39. The molecule has 0 aromatic heterocycles. The lowest BCUT2D eigenvalue weighted by atomic mass is 9.74. The first-order valence-corrected chi connectivity index (χ1v) is 5.72. The molecule has 0 saturated carbocycles. The van der Waals surface area contributed by atoms with E-state index in [9.17, 15) is 5.11 Å². The van der Waals surface area contributed by atoms with Crippen LogP contribution < -0.4 is 5.73 Å². The minimum atomic E-state index is -0.446. The van der Waals surface area contributed by atoms with Crippen molar-refractivity contribution in [1.82, 2.24) is 0 Å². The number of nitrogens with two attached hydrogens (primary N) is 1. The van der Waals surface area contributed by atoms with E-state index in [1.54, 1.807) is 0 Å². The summed E-state index contributed by atoms with van der Waals surface area (Å²) in [6.45, 7) is 3.35. The molecule has 0 aliphatic carbocycles. The highest BCUT2D eigenvalue weighted by molar-refractivity contribution is 5.33. The summed E-state index contributed by atoms with van der Waals surface area (Å²) < 4.78 is 5.39. The van der Waals surface area contributed by atoms with E-state index in [-0.39, 0.29) is 12.5 Å². The maximum absolute atomic E-state index is 9.42. The average molecular weight is 221 g/mol. The van der Waals surface area contributed by atoms with Crippen LogP contribution in [0.2, 0.25) is 0 Å². The van der Waals surface area contributed by atoms with Crippen LogP contribution in [0.1, 0.15) is 17.5 Å². The van der Waals surface area contributed by atoms with Gasteiger partial charge < -0.3 is 15.6 Å². The third kappa shape index (κ3) is 1.86. The van der Waals surface area contributed by atoms with E-state index in [1.807, 2.05) is 12.1 Å². The molecular formula is C13H19NO2. The van der Waals surface area contributed by atoms with Gasteiger partial charge in [-0.1, -0.05) is 24.3 Å². The van der Waals surface area contributed by atoms with Crippen LogP contribution in [0.3, 0.4) is 0 Å². The predicted octanol–water partition coefficient (Wildman–Crippen LogP) is 1.18. The number of ether oxygens (including phenoxy) is 1. The van der Waals surface area contributed by atoms with E-state index in [0.29, 0.717) is 13.2 Å². The zero-order chi connectivity index (χ0) is 11.6. The summed E-state index contributed by atoms with van der Waals surface area (Å²) >= 11 is 0. The van der Waals surface area contributed by atoms with Crippen molar-refractivity contribution in [1.29, 1.82) is 0 Å². The molecule has 1 aromatic carbocycles. The van der Waals surface area contributed by atoms with Gasteiger partial charge in [-0.3, -0.25) is 0 Å². The van der Waals surface area contributed by atoms with Crippen molar-refractivity contribution in [3.05, 3.63) is 35.4 Å². The van der Waals surface area contributed by atoms with Crippen LogP contribution >= 0.6 is 0 Å². The Morgan fingerprint density at radius 3 is 2.94 bits per heavy atom. The summed E-state index contributed by atoms with van der Waals surface area (Å²) in [6, 6.07) is 8.13. The maximum Gasteiger partial charge on any atom is 0.0537 e. The molecule has 0 radical (unpaired) electrons. The molecule has 1 heterocycles. The molecule has 1 fully saturated rings. The van der Waals surface area contributed by atoms with Gasteiger partial charge in [0.15, 0.2) is 0 Å². The Bertz CT molecular complexity index is 367. The molecule has 16 heavy (non-hydrogen) atoms. The quantitative estimate of drug-likeness (QED) is 0.788. The normalized spacial score (nSPS) is 30.3. The molecule has 2 rings (SSSR count). The summed E-state index contributed by atoms with van der Waals surface area (Å²) in [5.74, 6) is -0.0117. The van der Waals surface area contributed by atoms with Gasteiger partial charge in [0, 0.05) is 12.5 Å². The lowest BCUT2D eigenvalue weighted by Crippen LogP contribution is -2.51. The van der Waals surface area contributed by atoms with Crippen LogP contribution in [0, 0.1) is 12.8 Å². The fraction of sp³-hybridized carbons (Fsp3) is 0.538. The lowest BCUT2D eigenvalue weighted by molar-refractivity contribution is -0.0232. The van der Waals surface area contributed by atoms with E-state index in [2.05, 4.69) is 19.1 Å². The minimum absolute atomic E-state index is 0.0117. The highest BCUT2D eigenvalue weighted by Crippen LogP contribution is 2.35. The molecule has 0 unspecified atom stereocenters. The van der Waals surface area contributed by atoms with E-state index >= 15 is 0 Å². The molecule has 0 spiro atoms. The van der Waals surface area contributed by atoms with Gasteiger partial charge >= 0.3 is 0 Å². The van der Waals surface area contributed by atoms with Crippen molar-refractivity contribution in [3.63, 3.8) is 0 Å². The summed E-state index contributed by atoms with van der Waals surface area (Å²) in [7, 11) is 0. The first-order valence-electron chi connectivity index (χ1n) is 5.72. The van der Waals surface area contributed by atoms with E-state index < -0.39 is 5.54 Å². The molecule has 1 aliphatic rings. The van der Waals surface area contributed by atoms with Crippen LogP contribution in [0.4, 0.5) is 0 Å². The Morgan fingerprint density at radius 2 is 2.25 bits per heavy atom. The van der Waals surface area contributed by atoms with Crippen LogP contribution in [0.25, 0.3) is 0 Å². The topological polar surface area (TPSA) is 55.5 Å². The van der Waals surface area contributed by atoms with Gasteiger partial charge in [0.05, 0.1) is 18.8 Å². The van der Waals surface area contributed by atoms with Crippen LogP contribution in [0.15, 0.2) is 24.3 Å². The highest BCUT2D eigenvalue weighted by Gasteiger charge is 2.39. The van der Waals surface area contributed by atoms with Crippen molar-refractivity contribution >= 4 is 0 Å². The Kier molecular flexibility index (Phi) is 3.28. The molecule has 2 atom stereocenters. The highest BCUT2D eigenvalue weighted by atomic mass is 16.5. The summed E-state index contributed by atoms with van der Waals surface area (Å²) in [4.78, 5) is 0. The molecule has 0 amide bonds. The first kappa shape index (κ1) is 11.6. The van der Waals surface area contributed by atoms with Crippen molar-refractivity contribution < 1.29 is 9.84 Å². The molecule has 3 heteroatoms. The standard InChI is InChI=1S/C13H19NO2/c1-10-4-2-3-5-12(10)13(14)6-7-16-9-11(13)8-15/h2-5,11,15H,6-9,14H2,1H3/t11-,13+/m1/s1. The second kappa shape index (κ2) is 4.53. The molecule has 3 nitrogen and oxygen atoms in total. The second-order valence-corrected chi connectivity index (χ2v) is 4.56. The third-order valence-corrected chi connectivity index (χ3v) is 3.57. The lowest BCUT2D eigenvalue weighted by Gasteiger charge is -2.41. The van der Waals surface area contributed by atoms with Gasteiger partial charge in [-0.2, -0.15) is 0 Å². The molecule has 0 bridgehead atoms. The fourth-order valence-electron chi connectivity index (χ4n) is 2.48. The van der Waals surface area contributed by atoms with Gasteiger partial charge in [0.25, 0.3) is 0 Å². The smallest absolute Gasteiger partial charge is 0.0537 e. The summed E-state index contributed by atoms with van der Waals surface area (Å²) in [5.41, 5.74) is 8.37. The summed E-state index contributed by atoms with van der Waals surface area (Å²) in [6.07, 6.45) is 0.767. The number of hydrogen-bond acceptors (Lipinski definition) is 3. The van der Waals surface area contributed by atoms with Crippen molar-refractivity contribution in [2.24, 2.45) is 11.7 Å². The average Bonchev–Trinajstić information content (AvgIpc) is 2.30. The zero-order valence-corrected chi connectivity index (χ0v) is 9.65. The van der Waals surface area contributed by atoms with Gasteiger partial charge in [-0.25, -0.2) is 0 Å². The van der Waals surface area contributed by atoms with E-state index in [1.165, 1.54) is 5.56 Å². The SMILES string of the molecule is Cc1ccccc1[C@]1(N)CCOC[C@H]1CO. The first-order chi connectivity index (χ1) is 7.68. The Morgan fingerprint density at radius 1 is 1.50 bits per heavy atom. The van der Waals surface area contributed by atoms with Crippen molar-refractivity contribution in [3.8, 4) is 0 Å². The molecule has 3 N–H and O–H groups in total. The molecule has 1 saturated heterocycles. The second-order valence-electron chi connectivity index (χ2n) is 4.56. The Hall–Kier alpha value is -0.900. The van der Waals surface area contributed by atoms with E-state index in [4.69, 9.17) is 10.5 Å². The zero-order valence-electron chi connectivity index (χ0n) is 9.65. The number of aryl methyl sites for hydroxylation is 1. The fourth-order valence-corrected chi connectivity index (χ4v) is 2.48. The van der Waals surface area contributed by atoms with Gasteiger partial charge in [-0.15, -0.1) is 0 Å². The molecule has 1 aromatic rings. The monoisotopic (exact) mass is 221 g/mol. The van der Waals surface area contributed by atoms with Gasteiger partial charge in [-0.05, 0) is 24.5 Å². The maximum atomic E-state index is 9.42. The number of benzene rings is 1. The van der Waals surface area contributed by atoms with Crippen LogP contribution in [-0.4, -0.2) is 24.9 Å².